The van der Waals surface area contributed by atoms with Gasteiger partial charge in [-0.25, -0.2) is 0 Å². The van der Waals surface area contributed by atoms with Gasteiger partial charge in [0.1, 0.15) is 5.75 Å². The summed E-state index contributed by atoms with van der Waals surface area (Å²) in [6.07, 6.45) is 5.37. The number of carbonyl (C=O) groups excluding carboxylic acids is 1. The van der Waals surface area contributed by atoms with Gasteiger partial charge in [0, 0.05) is 12.7 Å². The summed E-state index contributed by atoms with van der Waals surface area (Å²) in [5, 5.41) is 6.25. The molecule has 0 aromatic carbocycles. The number of rotatable bonds is 5. The smallest absolute Gasteiger partial charge is 0.255 e. The zero-order valence-electron chi connectivity index (χ0n) is 10.6. The van der Waals surface area contributed by atoms with E-state index in [2.05, 4.69) is 15.6 Å². The number of hydrogen-bond donors (Lipinski definition) is 2. The summed E-state index contributed by atoms with van der Waals surface area (Å²) < 4.78 is 5.11. The fourth-order valence-corrected chi connectivity index (χ4v) is 2.18. The van der Waals surface area contributed by atoms with Gasteiger partial charge in [0.05, 0.1) is 18.9 Å². The Labute approximate surface area is 107 Å². The van der Waals surface area contributed by atoms with E-state index in [0.29, 0.717) is 23.8 Å². The Morgan fingerprint density at radius 2 is 2.56 bits per heavy atom. The molecule has 2 N–H and O–H groups in total. The molecule has 1 atom stereocenters. The van der Waals surface area contributed by atoms with Crippen molar-refractivity contribution in [3.63, 3.8) is 0 Å². The number of ether oxygens (including phenoxy) is 1. The highest BCUT2D eigenvalue weighted by Crippen LogP contribution is 2.15. The summed E-state index contributed by atoms with van der Waals surface area (Å²) in [4.78, 5) is 15.9. The van der Waals surface area contributed by atoms with Crippen molar-refractivity contribution in [1.82, 2.24) is 15.6 Å². The Morgan fingerprint density at radius 1 is 1.67 bits per heavy atom. The second-order valence-corrected chi connectivity index (χ2v) is 4.48. The van der Waals surface area contributed by atoms with Crippen molar-refractivity contribution in [3.05, 3.63) is 24.0 Å². The third kappa shape index (κ3) is 3.20. The largest absolute Gasteiger partial charge is 0.494 e. The molecule has 0 radical (unpaired) electrons. The molecule has 98 valence electrons. The lowest BCUT2D eigenvalue weighted by Crippen LogP contribution is -2.26. The highest BCUT2D eigenvalue weighted by Gasteiger charge is 2.15. The average Bonchev–Trinajstić information content (AvgIpc) is 2.91. The number of aromatic nitrogens is 1. The van der Waals surface area contributed by atoms with Gasteiger partial charge < -0.3 is 15.4 Å². The van der Waals surface area contributed by atoms with Crippen molar-refractivity contribution in [2.75, 3.05) is 26.7 Å². The molecular formula is C13H19N3O2. The number of nitrogens with zero attached hydrogens (tertiary/aromatic N) is 1. The third-order valence-electron chi connectivity index (χ3n) is 3.25. The van der Waals surface area contributed by atoms with Crippen molar-refractivity contribution in [2.45, 2.75) is 12.8 Å². The van der Waals surface area contributed by atoms with E-state index in [-0.39, 0.29) is 5.91 Å². The topological polar surface area (TPSA) is 63.2 Å². The molecule has 2 rings (SSSR count). The number of carbonyl (C=O) groups is 1. The van der Waals surface area contributed by atoms with Gasteiger partial charge in [-0.3, -0.25) is 9.78 Å². The van der Waals surface area contributed by atoms with Crippen LogP contribution in [0.1, 0.15) is 23.2 Å². The summed E-state index contributed by atoms with van der Waals surface area (Å²) in [5.74, 6) is 1.10. The van der Waals surface area contributed by atoms with E-state index < -0.39 is 0 Å². The van der Waals surface area contributed by atoms with Crippen LogP contribution in [0.25, 0.3) is 0 Å². The average molecular weight is 249 g/mol. The van der Waals surface area contributed by atoms with Crippen LogP contribution in [0.5, 0.6) is 5.75 Å². The molecule has 18 heavy (non-hydrogen) atoms. The van der Waals surface area contributed by atoms with E-state index in [1.165, 1.54) is 13.5 Å². The third-order valence-corrected chi connectivity index (χ3v) is 3.25. The van der Waals surface area contributed by atoms with E-state index >= 15 is 0 Å². The van der Waals surface area contributed by atoms with Crippen molar-refractivity contribution in [2.24, 2.45) is 5.92 Å². The Hall–Kier alpha value is -1.62. The van der Waals surface area contributed by atoms with Gasteiger partial charge in [0.25, 0.3) is 5.91 Å². The van der Waals surface area contributed by atoms with Crippen LogP contribution in [-0.4, -0.2) is 37.6 Å². The molecule has 0 bridgehead atoms. The molecule has 1 unspecified atom stereocenters. The fraction of sp³-hybridized carbons (Fsp3) is 0.538. The zero-order chi connectivity index (χ0) is 12.8. The van der Waals surface area contributed by atoms with Gasteiger partial charge in [-0.2, -0.15) is 0 Å². The first-order chi connectivity index (χ1) is 8.81. The first-order valence-corrected chi connectivity index (χ1v) is 6.28. The minimum Gasteiger partial charge on any atom is -0.494 e. The highest BCUT2D eigenvalue weighted by molar-refractivity contribution is 5.96. The van der Waals surface area contributed by atoms with Gasteiger partial charge in [-0.15, -0.1) is 0 Å². The molecule has 2 heterocycles. The molecule has 1 amide bonds. The van der Waals surface area contributed by atoms with Gasteiger partial charge >= 0.3 is 0 Å². The Bertz CT molecular complexity index is 403. The number of amides is 1. The van der Waals surface area contributed by atoms with Crippen LogP contribution in [-0.2, 0) is 0 Å². The molecule has 1 aliphatic heterocycles. The minimum atomic E-state index is -0.0970. The van der Waals surface area contributed by atoms with E-state index in [1.807, 2.05) is 0 Å². The molecule has 0 saturated carbocycles. The summed E-state index contributed by atoms with van der Waals surface area (Å²) in [7, 11) is 1.54. The zero-order valence-corrected chi connectivity index (χ0v) is 10.6. The van der Waals surface area contributed by atoms with Crippen LogP contribution in [0.2, 0.25) is 0 Å². The molecule has 0 aliphatic carbocycles. The molecule has 1 aromatic heterocycles. The molecular weight excluding hydrogens is 230 g/mol. The maximum atomic E-state index is 12.0. The van der Waals surface area contributed by atoms with Gasteiger partial charge in [0.2, 0.25) is 0 Å². The maximum absolute atomic E-state index is 12.0. The molecule has 5 nitrogen and oxygen atoms in total. The van der Waals surface area contributed by atoms with Crippen LogP contribution in [0.15, 0.2) is 18.5 Å². The molecule has 1 aliphatic rings. The fourth-order valence-electron chi connectivity index (χ4n) is 2.18. The van der Waals surface area contributed by atoms with Crippen molar-refractivity contribution in [1.29, 1.82) is 0 Å². The lowest BCUT2D eigenvalue weighted by Gasteiger charge is -2.11. The van der Waals surface area contributed by atoms with E-state index in [9.17, 15) is 4.79 Å². The first-order valence-electron chi connectivity index (χ1n) is 6.28. The Kier molecular flexibility index (Phi) is 4.52. The van der Waals surface area contributed by atoms with Crippen molar-refractivity contribution in [3.8, 4) is 5.75 Å². The monoisotopic (exact) mass is 249 g/mol. The molecule has 1 saturated heterocycles. The number of nitrogens with one attached hydrogen (secondary N) is 2. The molecule has 0 spiro atoms. The standard InChI is InChI=1S/C13H19N3O2/c1-18-12-9-15-6-4-11(12)13(17)16-7-3-10-2-5-14-8-10/h4,6,9-10,14H,2-3,5,7-8H2,1H3,(H,16,17). The van der Waals surface area contributed by atoms with E-state index in [0.717, 1.165) is 19.5 Å². The second-order valence-electron chi connectivity index (χ2n) is 4.48. The predicted molar refractivity (Wildman–Crippen MR) is 68.7 cm³/mol. The van der Waals surface area contributed by atoms with Crippen molar-refractivity contribution < 1.29 is 9.53 Å². The lowest BCUT2D eigenvalue weighted by molar-refractivity contribution is 0.0948. The Morgan fingerprint density at radius 3 is 3.28 bits per heavy atom. The second kappa shape index (κ2) is 6.35. The molecule has 1 aromatic rings. The minimum absolute atomic E-state index is 0.0970. The number of methoxy groups -OCH3 is 1. The van der Waals surface area contributed by atoms with Gasteiger partial charge in [-0.1, -0.05) is 0 Å². The van der Waals surface area contributed by atoms with Crippen LogP contribution in [0, 0.1) is 5.92 Å². The van der Waals surface area contributed by atoms with Crippen molar-refractivity contribution >= 4 is 5.91 Å². The van der Waals surface area contributed by atoms with Crippen LogP contribution in [0.3, 0.4) is 0 Å². The van der Waals surface area contributed by atoms with Gasteiger partial charge in [-0.05, 0) is 37.9 Å². The van der Waals surface area contributed by atoms with Crippen LogP contribution in [0.4, 0.5) is 0 Å². The maximum Gasteiger partial charge on any atom is 0.255 e. The molecule has 5 heteroatoms. The normalized spacial score (nSPS) is 18.6. The van der Waals surface area contributed by atoms with E-state index in [1.54, 1.807) is 18.5 Å². The first kappa shape index (κ1) is 12.8. The van der Waals surface area contributed by atoms with E-state index in [4.69, 9.17) is 4.74 Å². The number of hydrogen-bond acceptors (Lipinski definition) is 4. The summed E-state index contributed by atoms with van der Waals surface area (Å²) in [6.45, 7) is 2.86. The van der Waals surface area contributed by atoms with Crippen LogP contribution < -0.4 is 15.4 Å². The highest BCUT2D eigenvalue weighted by atomic mass is 16.5. The summed E-state index contributed by atoms with van der Waals surface area (Å²) >= 11 is 0. The summed E-state index contributed by atoms with van der Waals surface area (Å²) in [5.41, 5.74) is 0.539. The predicted octanol–water partition coefficient (Wildman–Crippen LogP) is 0.820. The quantitative estimate of drug-likeness (QED) is 0.811. The van der Waals surface area contributed by atoms with Crippen LogP contribution >= 0.6 is 0 Å². The summed E-state index contributed by atoms with van der Waals surface area (Å²) in [6, 6.07) is 1.67. The number of pyridine rings is 1. The lowest BCUT2D eigenvalue weighted by atomic mass is 10.1. The Balaban J connectivity index is 1.83. The SMILES string of the molecule is COc1cnccc1C(=O)NCCC1CCNC1. The molecule has 1 fully saturated rings. The van der Waals surface area contributed by atoms with Gasteiger partial charge in [0.15, 0.2) is 0 Å².